The molecule has 0 aromatic heterocycles. The lowest BCUT2D eigenvalue weighted by molar-refractivity contribution is 0.229. The highest BCUT2D eigenvalue weighted by Crippen LogP contribution is 2.35. The Kier molecular flexibility index (Phi) is 35.0. The maximum Gasteiger partial charge on any atom is 0.0392 e. The predicted molar refractivity (Wildman–Crippen MR) is 300 cm³/mol. The molecule has 0 spiro atoms. The van der Waals surface area contributed by atoms with Crippen LogP contribution in [0.2, 0.25) is 0 Å². The molecule has 3 heterocycles. The molecular formula is C63H93N3O3. The Hall–Kier alpha value is -4.92. The van der Waals surface area contributed by atoms with Gasteiger partial charge in [-0.3, -0.25) is 14.7 Å². The van der Waals surface area contributed by atoms with E-state index < -0.39 is 0 Å². The van der Waals surface area contributed by atoms with Crippen molar-refractivity contribution in [1.82, 2.24) is 14.7 Å². The largest absolute Gasteiger partial charge is 0.388 e. The summed E-state index contributed by atoms with van der Waals surface area (Å²) in [4.78, 5) is 7.44. The molecule has 9 rings (SSSR count). The molecule has 0 N–H and O–H groups in total. The Morgan fingerprint density at radius 1 is 0.348 bits per heavy atom. The number of hydrogen-bond acceptors (Lipinski definition) is 6. The number of likely N-dealkylation sites (N-methyl/N-ethyl adjacent to an activating group) is 3. The van der Waals surface area contributed by atoms with E-state index in [1.54, 1.807) is 42.7 Å². The molecule has 3 atom stereocenters. The SMILES string of the molecule is CC.CC.CC.CN1CCCc2ccccc2C1Cc1ccccc1.CN1CCc2ccccc2C1Cc1ccccc1.CN1Cc2ccccc2C1Cc1ccccc1.COC.COC.COC. The van der Waals surface area contributed by atoms with E-state index in [2.05, 4.69) is 214 Å². The van der Waals surface area contributed by atoms with Crippen molar-refractivity contribution in [2.45, 2.75) is 105 Å². The number of rotatable bonds is 6. The number of methoxy groups -OCH3 is 3. The standard InChI is InChI=1S/C18H21N.C17H19N.C16H17N.3C2H6O.3C2H6/c1-19-13-7-11-16-10-5-6-12-17(16)18(19)14-15-8-3-2-4-9-15;1-18-12-11-15-9-5-6-10-16(15)17(18)13-14-7-3-2-4-8-14;1-17-12-14-9-5-6-10-15(14)16(17)11-13-7-3-2-4-8-13;3*1-3-2;3*1-2/h2-6,8-10,12,18H,7,11,13-14H2,1H3;2-10,17H,11-13H2,1H3;2-10,16H,11-12H2,1H3;3*1-2H3;3*1-2H3. The lowest BCUT2D eigenvalue weighted by Gasteiger charge is -2.34. The topological polar surface area (TPSA) is 37.4 Å². The van der Waals surface area contributed by atoms with Crippen LogP contribution in [0.25, 0.3) is 0 Å². The van der Waals surface area contributed by atoms with E-state index in [1.165, 1.54) is 75.9 Å². The molecule has 6 aromatic rings. The Balaban J connectivity index is 0.000000453. The van der Waals surface area contributed by atoms with Gasteiger partial charge < -0.3 is 14.2 Å². The molecule has 3 unspecified atom stereocenters. The predicted octanol–water partition coefficient (Wildman–Crippen LogP) is 14.6. The molecule has 0 saturated carbocycles. The molecule has 69 heavy (non-hydrogen) atoms. The summed E-state index contributed by atoms with van der Waals surface area (Å²) in [6.45, 7) is 15.4. The van der Waals surface area contributed by atoms with Crippen LogP contribution >= 0.6 is 0 Å². The molecule has 6 heteroatoms. The normalized spacial score (nSPS) is 16.3. The molecule has 0 radical (unpaired) electrons. The van der Waals surface area contributed by atoms with Crippen molar-refractivity contribution in [2.24, 2.45) is 0 Å². The maximum atomic E-state index is 4.25. The van der Waals surface area contributed by atoms with Crippen LogP contribution < -0.4 is 0 Å². The smallest absolute Gasteiger partial charge is 0.0392 e. The highest BCUT2D eigenvalue weighted by molar-refractivity contribution is 5.37. The summed E-state index contributed by atoms with van der Waals surface area (Å²) in [5, 5.41) is 0. The summed E-state index contributed by atoms with van der Waals surface area (Å²) in [6, 6.07) is 60.6. The summed E-state index contributed by atoms with van der Waals surface area (Å²) < 4.78 is 12.8. The second-order valence-corrected chi connectivity index (χ2v) is 16.7. The van der Waals surface area contributed by atoms with Crippen LogP contribution in [0.5, 0.6) is 0 Å². The number of nitrogens with zero attached hydrogens (tertiary/aromatic N) is 3. The fourth-order valence-corrected chi connectivity index (χ4v) is 8.71. The minimum atomic E-state index is 0.515. The first-order valence-corrected chi connectivity index (χ1v) is 25.4. The molecule has 0 bridgehead atoms. The van der Waals surface area contributed by atoms with Crippen molar-refractivity contribution in [3.8, 4) is 0 Å². The minimum absolute atomic E-state index is 0.515. The van der Waals surface area contributed by atoms with Crippen molar-refractivity contribution in [3.05, 3.63) is 214 Å². The minimum Gasteiger partial charge on any atom is -0.388 e. The Morgan fingerprint density at radius 3 is 1.00 bits per heavy atom. The van der Waals surface area contributed by atoms with E-state index in [0.29, 0.717) is 18.1 Å². The lowest BCUT2D eigenvalue weighted by Crippen LogP contribution is -2.33. The first kappa shape index (κ1) is 62.1. The number of hydrogen-bond donors (Lipinski definition) is 0. The number of aryl methyl sites for hydroxylation is 1. The number of fused-ring (bicyclic) bond motifs is 3. The van der Waals surface area contributed by atoms with E-state index in [9.17, 15) is 0 Å². The van der Waals surface area contributed by atoms with Crippen molar-refractivity contribution in [2.75, 3.05) is 76.9 Å². The van der Waals surface area contributed by atoms with Gasteiger partial charge in [-0.25, -0.2) is 0 Å². The maximum absolute atomic E-state index is 4.25. The van der Waals surface area contributed by atoms with Crippen LogP contribution in [0.3, 0.4) is 0 Å². The third kappa shape index (κ3) is 22.1. The zero-order valence-electron chi connectivity index (χ0n) is 45.8. The van der Waals surface area contributed by atoms with Gasteiger partial charge in [-0.1, -0.05) is 205 Å². The van der Waals surface area contributed by atoms with E-state index >= 15 is 0 Å². The third-order valence-corrected chi connectivity index (χ3v) is 11.8. The van der Waals surface area contributed by atoms with Gasteiger partial charge in [0, 0.05) is 73.9 Å². The van der Waals surface area contributed by atoms with Gasteiger partial charge in [-0.05, 0) is 116 Å². The average Bonchev–Trinajstić information content (AvgIpc) is 3.62. The summed E-state index contributed by atoms with van der Waals surface area (Å²) in [6.07, 6.45) is 6.97. The van der Waals surface area contributed by atoms with Gasteiger partial charge in [0.2, 0.25) is 0 Å². The fourth-order valence-electron chi connectivity index (χ4n) is 8.71. The fraction of sp³-hybridized carbons (Fsp3) is 0.429. The summed E-state index contributed by atoms with van der Waals surface area (Å²) in [7, 11) is 16.5. The molecule has 0 amide bonds. The molecular weight excluding hydrogens is 847 g/mol. The first-order chi connectivity index (χ1) is 33.8. The molecule has 6 aromatic carbocycles. The summed E-state index contributed by atoms with van der Waals surface area (Å²) in [5.41, 5.74) is 13.3. The van der Waals surface area contributed by atoms with E-state index in [0.717, 1.165) is 32.4 Å². The van der Waals surface area contributed by atoms with Gasteiger partial charge >= 0.3 is 0 Å². The van der Waals surface area contributed by atoms with E-state index in [1.807, 2.05) is 41.5 Å². The van der Waals surface area contributed by atoms with Crippen LogP contribution in [-0.4, -0.2) is 91.6 Å². The zero-order chi connectivity index (χ0) is 51.2. The van der Waals surface area contributed by atoms with Gasteiger partial charge in [0.25, 0.3) is 0 Å². The monoisotopic (exact) mass is 940 g/mol. The molecule has 378 valence electrons. The van der Waals surface area contributed by atoms with Gasteiger partial charge in [0.05, 0.1) is 0 Å². The van der Waals surface area contributed by atoms with Crippen molar-refractivity contribution < 1.29 is 14.2 Å². The van der Waals surface area contributed by atoms with Crippen LogP contribution in [0.4, 0.5) is 0 Å². The van der Waals surface area contributed by atoms with Gasteiger partial charge in [-0.15, -0.1) is 0 Å². The highest BCUT2D eigenvalue weighted by Gasteiger charge is 2.27. The van der Waals surface area contributed by atoms with Crippen LogP contribution in [0, 0.1) is 0 Å². The van der Waals surface area contributed by atoms with Gasteiger partial charge in [0.1, 0.15) is 0 Å². The molecule has 0 saturated heterocycles. The van der Waals surface area contributed by atoms with Crippen LogP contribution in [-0.2, 0) is 52.9 Å². The quantitative estimate of drug-likeness (QED) is 0.166. The van der Waals surface area contributed by atoms with E-state index in [-0.39, 0.29) is 0 Å². The Morgan fingerprint density at radius 2 is 0.623 bits per heavy atom. The molecule has 0 aliphatic carbocycles. The third-order valence-electron chi connectivity index (χ3n) is 11.8. The molecule has 3 aliphatic heterocycles. The average molecular weight is 940 g/mol. The second-order valence-electron chi connectivity index (χ2n) is 16.7. The van der Waals surface area contributed by atoms with Crippen molar-refractivity contribution in [3.63, 3.8) is 0 Å². The van der Waals surface area contributed by atoms with Gasteiger partial charge in [0.15, 0.2) is 0 Å². The first-order valence-electron chi connectivity index (χ1n) is 25.4. The zero-order valence-corrected chi connectivity index (χ0v) is 45.8. The van der Waals surface area contributed by atoms with Crippen LogP contribution in [0.1, 0.15) is 116 Å². The highest BCUT2D eigenvalue weighted by atomic mass is 16.5. The van der Waals surface area contributed by atoms with Gasteiger partial charge in [-0.2, -0.15) is 0 Å². The summed E-state index contributed by atoms with van der Waals surface area (Å²) >= 11 is 0. The summed E-state index contributed by atoms with van der Waals surface area (Å²) in [5.74, 6) is 0. The second kappa shape index (κ2) is 38.9. The lowest BCUT2D eigenvalue weighted by atomic mass is 9.89. The Labute approximate surface area is 422 Å². The van der Waals surface area contributed by atoms with Crippen LogP contribution in [0.15, 0.2) is 164 Å². The molecule has 0 fully saturated rings. The Bertz CT molecular complexity index is 2090. The van der Waals surface area contributed by atoms with Crippen molar-refractivity contribution in [1.29, 1.82) is 0 Å². The molecule has 6 nitrogen and oxygen atoms in total. The van der Waals surface area contributed by atoms with Crippen molar-refractivity contribution >= 4 is 0 Å². The number of benzene rings is 6. The van der Waals surface area contributed by atoms with E-state index in [4.69, 9.17) is 0 Å². The number of ether oxygens (including phenoxy) is 3. The molecule has 3 aliphatic rings.